The Morgan fingerprint density at radius 2 is 1.97 bits per heavy atom. The number of hydrogen-bond donors (Lipinski definition) is 1. The van der Waals surface area contributed by atoms with E-state index in [9.17, 15) is 14.4 Å². The second-order valence-electron chi connectivity index (χ2n) is 6.69. The number of aromatic nitrogens is 4. The van der Waals surface area contributed by atoms with E-state index in [-0.39, 0.29) is 17.4 Å². The molecule has 0 saturated heterocycles. The maximum absolute atomic E-state index is 13.7. The third-order valence-electron chi connectivity index (χ3n) is 4.46. The van der Waals surface area contributed by atoms with Crippen molar-refractivity contribution in [3.63, 3.8) is 0 Å². The standard InChI is InChI=1S/C20H21ClFN5O2/c1-4-26-18(24-20(25-26)15-5-6-16(21)17(22)9-15)10-19(28)23-11-14-7-12(2)27(29)13(3)8-14/h5-9H,4,10-11H2,1-3H3,(H,23,28). The van der Waals surface area contributed by atoms with Gasteiger partial charge >= 0.3 is 0 Å². The van der Waals surface area contributed by atoms with Crippen LogP contribution in [0.15, 0.2) is 30.3 Å². The first-order chi connectivity index (χ1) is 13.8. The number of hydrogen-bond acceptors (Lipinski definition) is 4. The molecule has 0 saturated carbocycles. The van der Waals surface area contributed by atoms with E-state index in [2.05, 4.69) is 15.4 Å². The van der Waals surface area contributed by atoms with Crippen LogP contribution in [0.3, 0.4) is 0 Å². The van der Waals surface area contributed by atoms with Gasteiger partial charge in [0, 0.05) is 44.6 Å². The first-order valence-electron chi connectivity index (χ1n) is 9.14. The molecule has 0 unspecified atom stereocenters. The summed E-state index contributed by atoms with van der Waals surface area (Å²) in [6.45, 7) is 6.14. The summed E-state index contributed by atoms with van der Waals surface area (Å²) in [5.74, 6) is 0.0342. The Morgan fingerprint density at radius 1 is 1.28 bits per heavy atom. The predicted molar refractivity (Wildman–Crippen MR) is 107 cm³/mol. The van der Waals surface area contributed by atoms with Gasteiger partial charge in [-0.05, 0) is 30.7 Å². The second-order valence-corrected chi connectivity index (χ2v) is 7.10. The molecule has 1 aromatic carbocycles. The highest BCUT2D eigenvalue weighted by Gasteiger charge is 2.16. The van der Waals surface area contributed by atoms with Gasteiger partial charge in [0.05, 0.1) is 11.4 Å². The van der Waals surface area contributed by atoms with Crippen molar-refractivity contribution in [1.82, 2.24) is 20.1 Å². The van der Waals surface area contributed by atoms with E-state index in [0.717, 1.165) is 10.3 Å². The number of benzene rings is 1. The Kier molecular flexibility index (Phi) is 6.12. The highest BCUT2D eigenvalue weighted by molar-refractivity contribution is 6.30. The van der Waals surface area contributed by atoms with Gasteiger partial charge in [-0.25, -0.2) is 14.1 Å². The maximum atomic E-state index is 13.7. The lowest BCUT2D eigenvalue weighted by Crippen LogP contribution is -2.34. The van der Waals surface area contributed by atoms with Crippen LogP contribution in [0.2, 0.25) is 5.02 Å². The van der Waals surface area contributed by atoms with Crippen molar-refractivity contribution in [3.05, 3.63) is 69.2 Å². The van der Waals surface area contributed by atoms with Crippen LogP contribution in [0.5, 0.6) is 0 Å². The minimum absolute atomic E-state index is 0.0251. The van der Waals surface area contributed by atoms with Crippen LogP contribution in [0.1, 0.15) is 29.7 Å². The normalized spacial score (nSPS) is 10.9. The zero-order valence-corrected chi connectivity index (χ0v) is 17.1. The molecule has 2 aromatic heterocycles. The molecule has 2 heterocycles. The Balaban J connectivity index is 1.71. The van der Waals surface area contributed by atoms with Crippen molar-refractivity contribution in [3.8, 4) is 11.4 Å². The van der Waals surface area contributed by atoms with E-state index < -0.39 is 5.82 Å². The zero-order valence-electron chi connectivity index (χ0n) is 16.4. The molecule has 0 aliphatic rings. The largest absolute Gasteiger partial charge is 0.618 e. The predicted octanol–water partition coefficient (Wildman–Crippen LogP) is 2.87. The molecular formula is C20H21ClFN5O2. The maximum Gasteiger partial charge on any atom is 0.227 e. The van der Waals surface area contributed by atoms with Crippen LogP contribution in [0, 0.1) is 24.9 Å². The third-order valence-corrected chi connectivity index (χ3v) is 4.77. The highest BCUT2D eigenvalue weighted by Crippen LogP contribution is 2.22. The molecule has 29 heavy (non-hydrogen) atoms. The number of carbonyl (C=O) groups is 1. The molecule has 1 N–H and O–H groups in total. The summed E-state index contributed by atoms with van der Waals surface area (Å²) in [5, 5.41) is 18.9. The molecule has 0 fully saturated rings. The molecule has 0 spiro atoms. The Labute approximate surface area is 172 Å². The van der Waals surface area contributed by atoms with E-state index in [1.54, 1.807) is 36.7 Å². The first kappa shape index (κ1) is 20.7. The molecule has 7 nitrogen and oxygen atoms in total. The lowest BCUT2D eigenvalue weighted by molar-refractivity contribution is -0.619. The summed E-state index contributed by atoms with van der Waals surface area (Å²) in [6.07, 6.45) is 0.0310. The molecular weight excluding hydrogens is 397 g/mol. The lowest BCUT2D eigenvalue weighted by Gasteiger charge is -2.09. The van der Waals surface area contributed by atoms with Crippen LogP contribution < -0.4 is 10.0 Å². The van der Waals surface area contributed by atoms with E-state index in [1.165, 1.54) is 12.1 Å². The average molecular weight is 418 g/mol. The fourth-order valence-corrected chi connectivity index (χ4v) is 3.12. The Bertz CT molecular complexity index is 1040. The number of aryl methyl sites for hydroxylation is 3. The molecule has 3 aromatic rings. The number of nitrogens with zero attached hydrogens (tertiary/aromatic N) is 4. The Morgan fingerprint density at radius 3 is 2.59 bits per heavy atom. The summed E-state index contributed by atoms with van der Waals surface area (Å²) < 4.78 is 16.2. The van der Waals surface area contributed by atoms with Gasteiger partial charge in [0.25, 0.3) is 0 Å². The van der Waals surface area contributed by atoms with Crippen molar-refractivity contribution in [2.45, 2.75) is 40.3 Å². The molecule has 0 atom stereocenters. The minimum Gasteiger partial charge on any atom is -0.618 e. The van der Waals surface area contributed by atoms with E-state index in [4.69, 9.17) is 11.6 Å². The average Bonchev–Trinajstić information content (AvgIpc) is 3.09. The Hall–Kier alpha value is -3.00. The summed E-state index contributed by atoms with van der Waals surface area (Å²) in [4.78, 5) is 16.8. The summed E-state index contributed by atoms with van der Waals surface area (Å²) >= 11 is 5.72. The molecule has 0 radical (unpaired) electrons. The van der Waals surface area contributed by atoms with Gasteiger partial charge < -0.3 is 10.5 Å². The number of amides is 1. The molecule has 0 aliphatic carbocycles. The molecule has 9 heteroatoms. The quantitative estimate of drug-likeness (QED) is 0.493. The van der Waals surface area contributed by atoms with Crippen molar-refractivity contribution in [2.75, 3.05) is 0 Å². The van der Waals surface area contributed by atoms with Crippen molar-refractivity contribution >= 4 is 17.5 Å². The summed E-state index contributed by atoms with van der Waals surface area (Å²) in [6, 6.07) is 7.82. The summed E-state index contributed by atoms with van der Waals surface area (Å²) in [7, 11) is 0. The van der Waals surface area contributed by atoms with Crippen LogP contribution in [-0.4, -0.2) is 20.7 Å². The van der Waals surface area contributed by atoms with Crippen molar-refractivity contribution < 1.29 is 13.9 Å². The van der Waals surface area contributed by atoms with Gasteiger partial charge in [0.15, 0.2) is 17.2 Å². The van der Waals surface area contributed by atoms with Crippen LogP contribution in [0.25, 0.3) is 11.4 Å². The molecule has 152 valence electrons. The molecule has 0 aliphatic heterocycles. The van der Waals surface area contributed by atoms with Crippen molar-refractivity contribution in [1.29, 1.82) is 0 Å². The van der Waals surface area contributed by atoms with Crippen molar-refractivity contribution in [2.24, 2.45) is 0 Å². The van der Waals surface area contributed by atoms with Crippen LogP contribution in [0.4, 0.5) is 4.39 Å². The molecule has 1 amide bonds. The fourth-order valence-electron chi connectivity index (χ4n) is 3.00. The van der Waals surface area contributed by atoms with E-state index in [0.29, 0.717) is 41.7 Å². The smallest absolute Gasteiger partial charge is 0.227 e. The van der Waals surface area contributed by atoms with Gasteiger partial charge in [-0.2, -0.15) is 9.83 Å². The fraction of sp³-hybridized carbons (Fsp3) is 0.300. The van der Waals surface area contributed by atoms with Gasteiger partial charge in [-0.15, -0.1) is 0 Å². The summed E-state index contributed by atoms with van der Waals surface area (Å²) in [5.41, 5.74) is 2.47. The number of halogens is 2. The highest BCUT2D eigenvalue weighted by atomic mass is 35.5. The SMILES string of the molecule is CCn1nc(-c2ccc(Cl)c(F)c2)nc1CC(=O)NCc1cc(C)[n+]([O-])c(C)c1. The van der Waals surface area contributed by atoms with Crippen LogP contribution in [-0.2, 0) is 24.3 Å². The van der Waals surface area contributed by atoms with Gasteiger partial charge in [-0.3, -0.25) is 4.79 Å². The number of carbonyl (C=O) groups excluding carboxylic acids is 1. The van der Waals surface area contributed by atoms with Gasteiger partial charge in [-0.1, -0.05) is 11.6 Å². The first-order valence-corrected chi connectivity index (χ1v) is 9.51. The van der Waals surface area contributed by atoms with Crippen LogP contribution >= 0.6 is 11.6 Å². The number of rotatable bonds is 6. The minimum atomic E-state index is -0.552. The molecule has 3 rings (SSSR count). The van der Waals surface area contributed by atoms with E-state index >= 15 is 0 Å². The molecule has 0 bridgehead atoms. The zero-order chi connectivity index (χ0) is 21.1. The van der Waals surface area contributed by atoms with Gasteiger partial charge in [0.1, 0.15) is 11.6 Å². The number of nitrogens with one attached hydrogen (secondary N) is 1. The topological polar surface area (TPSA) is 86.8 Å². The third kappa shape index (κ3) is 4.71. The van der Waals surface area contributed by atoms with E-state index in [1.807, 2.05) is 6.92 Å². The lowest BCUT2D eigenvalue weighted by atomic mass is 10.2. The van der Waals surface area contributed by atoms with Gasteiger partial charge in [0.2, 0.25) is 5.91 Å². The number of pyridine rings is 1. The monoisotopic (exact) mass is 417 g/mol. The second kappa shape index (κ2) is 8.57.